The fourth-order valence-corrected chi connectivity index (χ4v) is 2.81. The molecule has 1 heterocycles. The molecule has 8 heteroatoms. The normalized spacial score (nSPS) is 13.4. The van der Waals surface area contributed by atoms with Crippen LogP contribution in [-0.2, 0) is 4.74 Å². The van der Waals surface area contributed by atoms with Gasteiger partial charge in [0.2, 0.25) is 0 Å². The third-order valence-corrected chi connectivity index (χ3v) is 4.11. The number of rotatable bonds is 5. The molecular formula is C20H19F2N3O3. The van der Waals surface area contributed by atoms with Crippen molar-refractivity contribution >= 4 is 17.4 Å². The van der Waals surface area contributed by atoms with Gasteiger partial charge in [0, 0.05) is 18.2 Å². The Hall–Kier alpha value is -3.26. The van der Waals surface area contributed by atoms with E-state index in [9.17, 15) is 13.6 Å². The fraction of sp³-hybridized carbons (Fsp3) is 0.200. The largest absolute Gasteiger partial charge is 0.489 e. The van der Waals surface area contributed by atoms with Crippen LogP contribution >= 0.6 is 0 Å². The van der Waals surface area contributed by atoms with E-state index in [-0.39, 0.29) is 23.7 Å². The molecule has 28 heavy (non-hydrogen) atoms. The monoisotopic (exact) mass is 387 g/mol. The number of fused-ring (bicyclic) bond motifs is 1. The molecule has 2 aromatic carbocycles. The third-order valence-electron chi connectivity index (χ3n) is 4.11. The molecule has 0 atom stereocenters. The molecule has 1 aliphatic rings. The zero-order chi connectivity index (χ0) is 20.1. The summed E-state index contributed by atoms with van der Waals surface area (Å²) in [6.45, 7) is 0.843. The molecule has 2 aromatic rings. The highest BCUT2D eigenvalue weighted by atomic mass is 19.1. The van der Waals surface area contributed by atoms with Gasteiger partial charge in [0.25, 0.3) is 5.91 Å². The topological polar surface area (TPSA) is 85.9 Å². The minimum absolute atomic E-state index is 0.0491. The SMILES string of the molecule is COCCN=C(N)NC(=O)c1ccc2c(c1)C(c1c(F)cccc1F)=CCO2. The number of ether oxygens (including phenoxy) is 2. The van der Waals surface area contributed by atoms with Crippen molar-refractivity contribution in [3.05, 3.63) is 70.8 Å². The molecule has 0 radical (unpaired) electrons. The Labute approximate surface area is 160 Å². The first-order valence-electron chi connectivity index (χ1n) is 8.53. The molecule has 0 aliphatic carbocycles. The number of aliphatic imine (C=N–C) groups is 1. The molecule has 0 saturated carbocycles. The Kier molecular flexibility index (Phi) is 6.00. The van der Waals surface area contributed by atoms with Crippen molar-refractivity contribution in [1.29, 1.82) is 0 Å². The van der Waals surface area contributed by atoms with E-state index < -0.39 is 17.5 Å². The number of nitrogens with zero attached hydrogens (tertiary/aromatic N) is 1. The molecule has 146 valence electrons. The van der Waals surface area contributed by atoms with Crippen LogP contribution in [0.1, 0.15) is 21.5 Å². The zero-order valence-electron chi connectivity index (χ0n) is 15.2. The van der Waals surface area contributed by atoms with Gasteiger partial charge in [-0.15, -0.1) is 0 Å². The minimum Gasteiger partial charge on any atom is -0.489 e. The maximum atomic E-state index is 14.3. The highest BCUT2D eigenvalue weighted by Gasteiger charge is 2.22. The van der Waals surface area contributed by atoms with Crippen LogP contribution < -0.4 is 15.8 Å². The molecular weight excluding hydrogens is 368 g/mol. The van der Waals surface area contributed by atoms with Gasteiger partial charge < -0.3 is 15.2 Å². The van der Waals surface area contributed by atoms with Gasteiger partial charge in [-0.3, -0.25) is 15.1 Å². The predicted molar refractivity (Wildman–Crippen MR) is 101 cm³/mol. The van der Waals surface area contributed by atoms with Crippen molar-refractivity contribution in [2.24, 2.45) is 10.7 Å². The average molecular weight is 387 g/mol. The number of halogens is 2. The first kappa shape index (κ1) is 19.5. The minimum atomic E-state index is -0.691. The smallest absolute Gasteiger partial charge is 0.257 e. The number of nitrogens with one attached hydrogen (secondary N) is 1. The van der Waals surface area contributed by atoms with Crippen molar-refractivity contribution in [1.82, 2.24) is 5.32 Å². The zero-order valence-corrected chi connectivity index (χ0v) is 15.2. The number of hydrogen-bond acceptors (Lipinski definition) is 4. The Morgan fingerprint density at radius 3 is 2.75 bits per heavy atom. The summed E-state index contributed by atoms with van der Waals surface area (Å²) in [7, 11) is 1.53. The summed E-state index contributed by atoms with van der Waals surface area (Å²) in [4.78, 5) is 16.4. The van der Waals surface area contributed by atoms with Crippen molar-refractivity contribution < 1.29 is 23.0 Å². The molecule has 0 aromatic heterocycles. The van der Waals surface area contributed by atoms with Gasteiger partial charge in [0.15, 0.2) is 5.96 Å². The van der Waals surface area contributed by atoms with E-state index in [4.69, 9.17) is 15.2 Å². The molecule has 0 fully saturated rings. The summed E-state index contributed by atoms with van der Waals surface area (Å²) in [5.41, 5.74) is 6.50. The first-order chi connectivity index (χ1) is 13.5. The van der Waals surface area contributed by atoms with Crippen LogP contribution in [0.25, 0.3) is 5.57 Å². The highest BCUT2D eigenvalue weighted by Crippen LogP contribution is 2.37. The van der Waals surface area contributed by atoms with Crippen LogP contribution in [0.2, 0.25) is 0 Å². The van der Waals surface area contributed by atoms with Crippen molar-refractivity contribution in [2.45, 2.75) is 0 Å². The number of benzene rings is 2. The second-order valence-corrected chi connectivity index (χ2v) is 5.95. The first-order valence-corrected chi connectivity index (χ1v) is 8.53. The van der Waals surface area contributed by atoms with Crippen molar-refractivity contribution in [3.8, 4) is 5.75 Å². The maximum absolute atomic E-state index is 14.3. The Morgan fingerprint density at radius 2 is 2.04 bits per heavy atom. The van der Waals surface area contributed by atoms with Crippen LogP contribution in [0.4, 0.5) is 8.78 Å². The van der Waals surface area contributed by atoms with Crippen molar-refractivity contribution in [3.63, 3.8) is 0 Å². The summed E-state index contributed by atoms with van der Waals surface area (Å²) >= 11 is 0. The van der Waals surface area contributed by atoms with Crippen LogP contribution in [0.3, 0.4) is 0 Å². The van der Waals surface area contributed by atoms with Crippen LogP contribution in [0.5, 0.6) is 5.75 Å². The maximum Gasteiger partial charge on any atom is 0.257 e. The molecule has 0 bridgehead atoms. The van der Waals surface area contributed by atoms with E-state index in [0.29, 0.717) is 30.0 Å². The van der Waals surface area contributed by atoms with Crippen molar-refractivity contribution in [2.75, 3.05) is 26.9 Å². The number of nitrogens with two attached hydrogens (primary N) is 1. The number of carbonyl (C=O) groups excluding carboxylic acids is 1. The standard InChI is InChI=1S/C20H19F2N3O3/c1-27-10-8-24-20(23)25-19(26)12-5-6-17-14(11-12)13(7-9-28-17)18-15(21)3-2-4-16(18)22/h2-7,11H,8-10H2,1H3,(H3,23,24,25,26). The van der Waals surface area contributed by atoms with E-state index in [1.54, 1.807) is 12.1 Å². The third kappa shape index (κ3) is 4.17. The Morgan fingerprint density at radius 1 is 1.29 bits per heavy atom. The van der Waals surface area contributed by atoms with E-state index in [2.05, 4.69) is 10.3 Å². The number of carbonyl (C=O) groups is 1. The number of hydrogen-bond donors (Lipinski definition) is 2. The Bertz CT molecular complexity index is 937. The average Bonchev–Trinajstić information content (AvgIpc) is 2.68. The summed E-state index contributed by atoms with van der Waals surface area (Å²) in [6.07, 6.45) is 1.58. The molecule has 1 amide bonds. The lowest BCUT2D eigenvalue weighted by Crippen LogP contribution is -2.37. The summed E-state index contributed by atoms with van der Waals surface area (Å²) < 4.78 is 38.9. The Balaban J connectivity index is 1.91. The molecule has 6 nitrogen and oxygen atoms in total. The van der Waals surface area contributed by atoms with Crippen LogP contribution in [0, 0.1) is 11.6 Å². The van der Waals surface area contributed by atoms with Gasteiger partial charge in [0.05, 0.1) is 18.7 Å². The molecule has 0 saturated heterocycles. The quantitative estimate of drug-likeness (QED) is 0.469. The van der Waals surface area contributed by atoms with Crippen LogP contribution in [-0.4, -0.2) is 38.7 Å². The summed E-state index contributed by atoms with van der Waals surface area (Å²) in [6, 6.07) is 8.28. The second kappa shape index (κ2) is 8.62. The number of guanidine groups is 1. The van der Waals surface area contributed by atoms with Gasteiger partial charge in [-0.2, -0.15) is 0 Å². The predicted octanol–water partition coefficient (Wildman–Crippen LogP) is 2.48. The van der Waals surface area contributed by atoms with Crippen LogP contribution in [0.15, 0.2) is 47.5 Å². The molecule has 3 rings (SSSR count). The van der Waals surface area contributed by atoms with E-state index >= 15 is 0 Å². The molecule has 3 N–H and O–H groups in total. The lowest BCUT2D eigenvalue weighted by atomic mass is 9.93. The van der Waals surface area contributed by atoms with E-state index in [0.717, 1.165) is 0 Å². The van der Waals surface area contributed by atoms with Gasteiger partial charge in [-0.1, -0.05) is 6.07 Å². The second-order valence-electron chi connectivity index (χ2n) is 5.95. The van der Waals surface area contributed by atoms with E-state index in [1.165, 1.54) is 37.4 Å². The van der Waals surface area contributed by atoms with Gasteiger partial charge in [-0.25, -0.2) is 8.78 Å². The van der Waals surface area contributed by atoms with Gasteiger partial charge in [0.1, 0.15) is 24.0 Å². The lowest BCUT2D eigenvalue weighted by Gasteiger charge is -2.20. The highest BCUT2D eigenvalue weighted by molar-refractivity contribution is 6.06. The molecule has 0 unspecified atom stereocenters. The number of amides is 1. The summed E-state index contributed by atoms with van der Waals surface area (Å²) in [5.74, 6) is -1.50. The lowest BCUT2D eigenvalue weighted by molar-refractivity contribution is 0.0976. The number of methoxy groups -OCH3 is 1. The molecule has 1 aliphatic heterocycles. The fourth-order valence-electron chi connectivity index (χ4n) is 2.81. The van der Waals surface area contributed by atoms with Gasteiger partial charge >= 0.3 is 0 Å². The molecule has 0 spiro atoms. The van der Waals surface area contributed by atoms with E-state index in [1.807, 2.05) is 0 Å². The summed E-state index contributed by atoms with van der Waals surface area (Å²) in [5, 5.41) is 2.46. The van der Waals surface area contributed by atoms with Gasteiger partial charge in [-0.05, 0) is 42.0 Å².